The molecule has 1 N–H and O–H groups in total. The molecule has 0 radical (unpaired) electrons. The van der Waals surface area contributed by atoms with Gasteiger partial charge in [-0.2, -0.15) is 0 Å². The molecule has 0 spiro atoms. The first-order valence-electron chi connectivity index (χ1n) is 7.71. The molecule has 0 amide bonds. The standard InChI is InChI=1S/C17H27NO2/c1-4-20-15-10-8-14(9-11-15)16(18-2)17(19-3)12-6-5-7-13-17/h8-11,16,18H,4-7,12-13H2,1-3H3. The van der Waals surface area contributed by atoms with Crippen LogP contribution in [-0.2, 0) is 4.74 Å². The van der Waals surface area contributed by atoms with Crippen molar-refractivity contribution in [2.24, 2.45) is 0 Å². The van der Waals surface area contributed by atoms with E-state index in [1.54, 1.807) is 0 Å². The van der Waals surface area contributed by atoms with Gasteiger partial charge in [-0.05, 0) is 44.5 Å². The van der Waals surface area contributed by atoms with Crippen LogP contribution in [0.2, 0.25) is 0 Å². The maximum atomic E-state index is 5.97. The Balaban J connectivity index is 2.21. The summed E-state index contributed by atoms with van der Waals surface area (Å²) < 4.78 is 11.5. The van der Waals surface area contributed by atoms with E-state index in [9.17, 15) is 0 Å². The molecule has 1 saturated carbocycles. The first-order chi connectivity index (χ1) is 9.75. The highest BCUT2D eigenvalue weighted by Gasteiger charge is 2.40. The quantitative estimate of drug-likeness (QED) is 0.860. The van der Waals surface area contributed by atoms with E-state index in [0.717, 1.165) is 18.6 Å². The minimum atomic E-state index is -0.0693. The first kappa shape index (κ1) is 15.3. The van der Waals surface area contributed by atoms with Gasteiger partial charge >= 0.3 is 0 Å². The summed E-state index contributed by atoms with van der Waals surface area (Å²) >= 11 is 0. The molecule has 0 bridgehead atoms. The van der Waals surface area contributed by atoms with Gasteiger partial charge in [0.2, 0.25) is 0 Å². The molecule has 1 aliphatic carbocycles. The molecule has 3 nitrogen and oxygen atoms in total. The van der Waals surface area contributed by atoms with Gasteiger partial charge in [0.05, 0.1) is 18.2 Å². The van der Waals surface area contributed by atoms with Crippen LogP contribution >= 0.6 is 0 Å². The van der Waals surface area contributed by atoms with E-state index < -0.39 is 0 Å². The second-order valence-electron chi connectivity index (χ2n) is 5.55. The second kappa shape index (κ2) is 7.09. The Hall–Kier alpha value is -1.06. The van der Waals surface area contributed by atoms with Crippen LogP contribution in [0.5, 0.6) is 5.75 Å². The van der Waals surface area contributed by atoms with Crippen LogP contribution in [0.15, 0.2) is 24.3 Å². The highest BCUT2D eigenvalue weighted by atomic mass is 16.5. The van der Waals surface area contributed by atoms with Gasteiger partial charge in [0, 0.05) is 7.11 Å². The van der Waals surface area contributed by atoms with Crippen LogP contribution < -0.4 is 10.1 Å². The van der Waals surface area contributed by atoms with Gasteiger partial charge in [-0.25, -0.2) is 0 Å². The number of methoxy groups -OCH3 is 1. The lowest BCUT2D eigenvalue weighted by Crippen LogP contribution is -2.45. The predicted octanol–water partition coefficient (Wildman–Crippen LogP) is 3.70. The minimum Gasteiger partial charge on any atom is -0.494 e. The lowest BCUT2D eigenvalue weighted by Gasteiger charge is -2.42. The van der Waals surface area contributed by atoms with Gasteiger partial charge in [0.15, 0.2) is 0 Å². The maximum Gasteiger partial charge on any atom is 0.119 e. The Kier molecular flexibility index (Phi) is 5.44. The summed E-state index contributed by atoms with van der Waals surface area (Å²) in [4.78, 5) is 0. The third-order valence-electron chi connectivity index (χ3n) is 4.45. The Bertz CT molecular complexity index is 396. The molecular formula is C17H27NO2. The van der Waals surface area contributed by atoms with Crippen molar-refractivity contribution in [1.29, 1.82) is 0 Å². The van der Waals surface area contributed by atoms with Crippen LogP contribution in [-0.4, -0.2) is 26.4 Å². The van der Waals surface area contributed by atoms with E-state index >= 15 is 0 Å². The van der Waals surface area contributed by atoms with Crippen molar-refractivity contribution in [2.45, 2.75) is 50.7 Å². The third kappa shape index (κ3) is 3.15. The summed E-state index contributed by atoms with van der Waals surface area (Å²) in [5.41, 5.74) is 1.21. The summed E-state index contributed by atoms with van der Waals surface area (Å²) in [5, 5.41) is 3.47. The predicted molar refractivity (Wildman–Crippen MR) is 82.2 cm³/mol. The second-order valence-corrected chi connectivity index (χ2v) is 5.55. The summed E-state index contributed by atoms with van der Waals surface area (Å²) in [5.74, 6) is 0.932. The summed E-state index contributed by atoms with van der Waals surface area (Å²) in [6, 6.07) is 8.65. The number of likely N-dealkylation sites (N-methyl/N-ethyl adjacent to an activating group) is 1. The molecule has 1 atom stereocenters. The van der Waals surface area contributed by atoms with Crippen molar-refractivity contribution >= 4 is 0 Å². The lowest BCUT2D eigenvalue weighted by atomic mass is 9.76. The van der Waals surface area contributed by atoms with Crippen molar-refractivity contribution in [2.75, 3.05) is 20.8 Å². The lowest BCUT2D eigenvalue weighted by molar-refractivity contribution is -0.0671. The summed E-state index contributed by atoms with van der Waals surface area (Å²) in [6.07, 6.45) is 6.08. The fraction of sp³-hybridized carbons (Fsp3) is 0.647. The van der Waals surface area contributed by atoms with E-state index in [0.29, 0.717) is 6.61 Å². The van der Waals surface area contributed by atoms with Crippen LogP contribution in [0.3, 0.4) is 0 Å². The average molecular weight is 277 g/mol. The van der Waals surface area contributed by atoms with Crippen molar-refractivity contribution in [1.82, 2.24) is 5.32 Å². The molecule has 0 aliphatic heterocycles. The SMILES string of the molecule is CCOc1ccc(C(NC)C2(OC)CCCCC2)cc1. The van der Waals surface area contributed by atoms with E-state index in [4.69, 9.17) is 9.47 Å². The molecule has 3 heteroatoms. The van der Waals surface area contributed by atoms with Gasteiger partial charge in [-0.15, -0.1) is 0 Å². The molecule has 1 fully saturated rings. The number of nitrogens with one attached hydrogen (secondary N) is 1. The number of ether oxygens (including phenoxy) is 2. The zero-order valence-corrected chi connectivity index (χ0v) is 12.9. The van der Waals surface area contributed by atoms with Gasteiger partial charge < -0.3 is 14.8 Å². The Labute approximate surface area is 122 Å². The fourth-order valence-electron chi connectivity index (χ4n) is 3.42. The summed E-state index contributed by atoms with van der Waals surface area (Å²) in [7, 11) is 3.88. The van der Waals surface area contributed by atoms with Gasteiger partial charge in [0.1, 0.15) is 5.75 Å². The molecule has 0 saturated heterocycles. The minimum absolute atomic E-state index is 0.0693. The molecule has 0 heterocycles. The van der Waals surface area contributed by atoms with Crippen LogP contribution in [0.4, 0.5) is 0 Å². The normalized spacial score (nSPS) is 19.6. The van der Waals surface area contributed by atoms with Crippen LogP contribution in [0, 0.1) is 0 Å². The number of hydrogen-bond acceptors (Lipinski definition) is 3. The number of hydrogen-bond donors (Lipinski definition) is 1. The first-order valence-corrected chi connectivity index (χ1v) is 7.71. The van der Waals surface area contributed by atoms with Crippen molar-refractivity contribution in [3.8, 4) is 5.75 Å². The molecular weight excluding hydrogens is 250 g/mol. The van der Waals surface area contributed by atoms with E-state index in [1.807, 2.05) is 21.1 Å². The average Bonchev–Trinajstić information content (AvgIpc) is 2.51. The van der Waals surface area contributed by atoms with Crippen LogP contribution in [0.1, 0.15) is 50.6 Å². The van der Waals surface area contributed by atoms with Gasteiger partial charge in [-0.3, -0.25) is 0 Å². The molecule has 1 unspecified atom stereocenters. The van der Waals surface area contributed by atoms with Gasteiger partial charge in [-0.1, -0.05) is 31.4 Å². The molecule has 0 aromatic heterocycles. The molecule has 112 valence electrons. The Morgan fingerprint density at radius 3 is 2.30 bits per heavy atom. The zero-order chi connectivity index (χ0) is 14.4. The van der Waals surface area contributed by atoms with E-state index in [-0.39, 0.29) is 11.6 Å². The van der Waals surface area contributed by atoms with Crippen molar-refractivity contribution in [3.63, 3.8) is 0 Å². The smallest absolute Gasteiger partial charge is 0.119 e. The Morgan fingerprint density at radius 2 is 1.80 bits per heavy atom. The molecule has 2 rings (SSSR count). The number of rotatable bonds is 6. The van der Waals surface area contributed by atoms with Crippen molar-refractivity contribution in [3.05, 3.63) is 29.8 Å². The molecule has 1 aliphatic rings. The highest BCUT2D eigenvalue weighted by Crippen LogP contribution is 2.41. The van der Waals surface area contributed by atoms with Crippen LogP contribution in [0.25, 0.3) is 0 Å². The topological polar surface area (TPSA) is 30.5 Å². The highest BCUT2D eigenvalue weighted by molar-refractivity contribution is 5.31. The zero-order valence-electron chi connectivity index (χ0n) is 12.9. The van der Waals surface area contributed by atoms with Crippen molar-refractivity contribution < 1.29 is 9.47 Å². The number of benzene rings is 1. The molecule has 1 aromatic rings. The molecule has 20 heavy (non-hydrogen) atoms. The Morgan fingerprint density at radius 1 is 1.15 bits per heavy atom. The monoisotopic (exact) mass is 277 g/mol. The fourth-order valence-corrected chi connectivity index (χ4v) is 3.42. The van der Waals surface area contributed by atoms with Gasteiger partial charge in [0.25, 0.3) is 0 Å². The maximum absolute atomic E-state index is 5.97. The van der Waals surface area contributed by atoms with E-state index in [2.05, 4.69) is 29.6 Å². The molecule has 1 aromatic carbocycles. The largest absolute Gasteiger partial charge is 0.494 e. The summed E-state index contributed by atoms with van der Waals surface area (Å²) in [6.45, 7) is 2.71. The third-order valence-corrected chi connectivity index (χ3v) is 4.45. The van der Waals surface area contributed by atoms with E-state index in [1.165, 1.54) is 24.8 Å².